The second-order valence-electron chi connectivity index (χ2n) is 6.40. The fourth-order valence-corrected chi connectivity index (χ4v) is 2.94. The van der Waals surface area contributed by atoms with Crippen LogP contribution in [0.2, 0.25) is 0 Å². The molecule has 0 fully saturated rings. The van der Waals surface area contributed by atoms with E-state index in [1.807, 2.05) is 25.1 Å². The van der Waals surface area contributed by atoms with Gasteiger partial charge < -0.3 is 14.7 Å². The van der Waals surface area contributed by atoms with Crippen LogP contribution in [0.15, 0.2) is 24.3 Å². The smallest absolute Gasteiger partial charge is 0.308 e. The zero-order chi connectivity index (χ0) is 18.2. The third-order valence-corrected chi connectivity index (χ3v) is 4.39. The van der Waals surface area contributed by atoms with E-state index in [1.54, 1.807) is 11.8 Å². The lowest BCUT2D eigenvalue weighted by molar-refractivity contribution is -0.141. The minimum Gasteiger partial charge on any atom is -0.481 e. The summed E-state index contributed by atoms with van der Waals surface area (Å²) in [6.07, 6.45) is 6.83. The van der Waals surface area contributed by atoms with Crippen LogP contribution < -0.4 is 0 Å². The van der Waals surface area contributed by atoms with Gasteiger partial charge in [-0.25, -0.2) is 0 Å². The molecule has 1 aromatic carbocycles. The average Bonchev–Trinajstić information content (AvgIpc) is 2.63. The van der Waals surface area contributed by atoms with Crippen molar-refractivity contribution in [1.29, 1.82) is 0 Å². The number of carboxylic acid groups (broad SMARTS) is 1. The topological polar surface area (TPSA) is 66.8 Å². The number of fused-ring (bicyclic) bond motifs is 1. The fraction of sp³-hybridized carbons (Fsp3) is 0.500. The first-order valence-corrected chi connectivity index (χ1v) is 8.92. The van der Waals surface area contributed by atoms with Crippen molar-refractivity contribution in [3.05, 3.63) is 41.0 Å². The summed E-state index contributed by atoms with van der Waals surface area (Å²) in [5.74, 6) is -1.60. The van der Waals surface area contributed by atoms with Gasteiger partial charge in [0.15, 0.2) is 0 Å². The molecule has 1 aromatic rings. The maximum atomic E-state index is 12.9. The summed E-state index contributed by atoms with van der Waals surface area (Å²) in [7, 11) is 0. The molecule has 5 nitrogen and oxygen atoms in total. The van der Waals surface area contributed by atoms with Crippen molar-refractivity contribution in [2.45, 2.75) is 33.1 Å². The Hall–Kier alpha value is -2.14. The first-order valence-electron chi connectivity index (χ1n) is 8.92. The number of carbonyl (C=O) groups is 2. The largest absolute Gasteiger partial charge is 0.481 e. The van der Waals surface area contributed by atoms with E-state index in [0.29, 0.717) is 31.7 Å². The lowest BCUT2D eigenvalue weighted by atomic mass is 9.95. The molecule has 0 radical (unpaired) electrons. The number of carboxylic acids is 1. The number of amides is 1. The summed E-state index contributed by atoms with van der Waals surface area (Å²) in [5.41, 5.74) is 2.96. The third-order valence-electron chi connectivity index (χ3n) is 4.39. The first kappa shape index (κ1) is 19.2. The molecular weight excluding hydrogens is 318 g/mol. The van der Waals surface area contributed by atoms with Gasteiger partial charge in [-0.2, -0.15) is 0 Å². The molecule has 1 aliphatic rings. The van der Waals surface area contributed by atoms with E-state index in [-0.39, 0.29) is 12.5 Å². The van der Waals surface area contributed by atoms with Gasteiger partial charge >= 0.3 is 5.97 Å². The number of ether oxygens (including phenoxy) is 1. The summed E-state index contributed by atoms with van der Waals surface area (Å²) in [6, 6.07) is 5.75. The van der Waals surface area contributed by atoms with Gasteiger partial charge in [0, 0.05) is 31.9 Å². The SMILES string of the molecule is CCOCCCN(CC(C)C(=O)O)C(=O)c1ccc2c(c1)CCC=C2. The molecule has 0 spiro atoms. The number of benzene rings is 1. The van der Waals surface area contributed by atoms with Crippen LogP contribution in [0.5, 0.6) is 0 Å². The van der Waals surface area contributed by atoms with Gasteiger partial charge in [-0.05, 0) is 49.4 Å². The Morgan fingerprint density at radius 3 is 2.88 bits per heavy atom. The molecular formula is C20H27NO4. The number of allylic oxidation sites excluding steroid dienone is 1. The summed E-state index contributed by atoms with van der Waals surface area (Å²) in [4.78, 5) is 25.8. The van der Waals surface area contributed by atoms with Gasteiger partial charge in [0.05, 0.1) is 5.92 Å². The maximum Gasteiger partial charge on any atom is 0.308 e. The number of hydrogen-bond donors (Lipinski definition) is 1. The minimum atomic E-state index is -0.891. The van der Waals surface area contributed by atoms with Crippen LogP contribution in [0.1, 0.15) is 48.2 Å². The molecule has 25 heavy (non-hydrogen) atoms. The summed E-state index contributed by atoms with van der Waals surface area (Å²) >= 11 is 0. The summed E-state index contributed by atoms with van der Waals surface area (Å²) in [5, 5.41) is 9.18. The minimum absolute atomic E-state index is 0.109. The number of aliphatic carboxylic acids is 1. The Bertz CT molecular complexity index is 639. The predicted octanol–water partition coefficient (Wildman–Crippen LogP) is 3.24. The van der Waals surface area contributed by atoms with Crippen LogP contribution in [0.3, 0.4) is 0 Å². The fourth-order valence-electron chi connectivity index (χ4n) is 2.94. The zero-order valence-corrected chi connectivity index (χ0v) is 15.0. The molecule has 0 aliphatic heterocycles. The second-order valence-corrected chi connectivity index (χ2v) is 6.40. The quantitative estimate of drug-likeness (QED) is 0.698. The van der Waals surface area contributed by atoms with Gasteiger partial charge in [-0.1, -0.05) is 25.1 Å². The van der Waals surface area contributed by atoms with Crippen molar-refractivity contribution in [1.82, 2.24) is 4.90 Å². The second kappa shape index (κ2) is 9.37. The number of nitrogens with zero attached hydrogens (tertiary/aromatic N) is 1. The lowest BCUT2D eigenvalue weighted by Crippen LogP contribution is -2.38. The van der Waals surface area contributed by atoms with Gasteiger partial charge in [0.25, 0.3) is 5.91 Å². The molecule has 0 bridgehead atoms. The Balaban J connectivity index is 2.12. The van der Waals surface area contributed by atoms with Crippen LogP contribution in [0.25, 0.3) is 6.08 Å². The molecule has 1 aliphatic carbocycles. The van der Waals surface area contributed by atoms with Gasteiger partial charge in [0.2, 0.25) is 0 Å². The van der Waals surface area contributed by atoms with E-state index in [2.05, 4.69) is 12.2 Å². The zero-order valence-electron chi connectivity index (χ0n) is 15.0. The van der Waals surface area contributed by atoms with Gasteiger partial charge in [-0.15, -0.1) is 0 Å². The van der Waals surface area contributed by atoms with E-state index >= 15 is 0 Å². The molecule has 1 amide bonds. The molecule has 0 heterocycles. The van der Waals surface area contributed by atoms with Crippen LogP contribution in [-0.4, -0.2) is 48.2 Å². The Morgan fingerprint density at radius 2 is 2.16 bits per heavy atom. The van der Waals surface area contributed by atoms with Crippen LogP contribution in [0.4, 0.5) is 0 Å². The number of aryl methyl sites for hydroxylation is 1. The van der Waals surface area contributed by atoms with Crippen LogP contribution >= 0.6 is 0 Å². The monoisotopic (exact) mass is 345 g/mol. The van der Waals surface area contributed by atoms with Crippen LogP contribution in [-0.2, 0) is 16.0 Å². The molecule has 1 unspecified atom stereocenters. The summed E-state index contributed by atoms with van der Waals surface area (Å²) < 4.78 is 5.33. The highest BCUT2D eigenvalue weighted by atomic mass is 16.5. The summed E-state index contributed by atoms with van der Waals surface area (Å²) in [6.45, 7) is 5.46. The highest BCUT2D eigenvalue weighted by Crippen LogP contribution is 2.21. The van der Waals surface area contributed by atoms with E-state index in [0.717, 1.165) is 18.4 Å². The normalized spacial score (nSPS) is 14.0. The molecule has 2 rings (SSSR count). The van der Waals surface area contributed by atoms with E-state index in [4.69, 9.17) is 4.74 Å². The maximum absolute atomic E-state index is 12.9. The number of hydrogen-bond acceptors (Lipinski definition) is 3. The highest BCUT2D eigenvalue weighted by molar-refractivity contribution is 5.95. The van der Waals surface area contributed by atoms with Crippen molar-refractivity contribution in [2.24, 2.45) is 5.92 Å². The number of carbonyl (C=O) groups excluding carboxylic acids is 1. The molecule has 1 N–H and O–H groups in total. The molecule has 5 heteroatoms. The van der Waals surface area contributed by atoms with Crippen molar-refractivity contribution in [3.63, 3.8) is 0 Å². The molecule has 136 valence electrons. The molecule has 0 aromatic heterocycles. The Kier molecular flexibility index (Phi) is 7.19. The number of rotatable bonds is 9. The lowest BCUT2D eigenvalue weighted by Gasteiger charge is -2.25. The van der Waals surface area contributed by atoms with Crippen molar-refractivity contribution < 1.29 is 19.4 Å². The van der Waals surface area contributed by atoms with Gasteiger partial charge in [0.1, 0.15) is 0 Å². The van der Waals surface area contributed by atoms with Crippen molar-refractivity contribution in [3.8, 4) is 0 Å². The van der Waals surface area contributed by atoms with Crippen molar-refractivity contribution in [2.75, 3.05) is 26.3 Å². The molecule has 0 saturated carbocycles. The van der Waals surface area contributed by atoms with E-state index < -0.39 is 11.9 Å². The Morgan fingerprint density at radius 1 is 1.36 bits per heavy atom. The van der Waals surface area contributed by atoms with E-state index in [1.165, 1.54) is 5.56 Å². The first-order chi connectivity index (χ1) is 12.0. The third kappa shape index (κ3) is 5.43. The predicted molar refractivity (Wildman–Crippen MR) is 97.6 cm³/mol. The van der Waals surface area contributed by atoms with Gasteiger partial charge in [-0.3, -0.25) is 9.59 Å². The van der Waals surface area contributed by atoms with Crippen molar-refractivity contribution >= 4 is 18.0 Å². The molecule has 1 atom stereocenters. The van der Waals surface area contributed by atoms with Crippen LogP contribution in [0, 0.1) is 5.92 Å². The molecule has 0 saturated heterocycles. The standard InChI is InChI=1S/C20H27NO4/c1-3-25-12-6-11-21(14-15(2)20(23)24)19(22)18-10-9-16-7-4-5-8-17(16)13-18/h4,7,9-10,13,15H,3,5-6,8,11-12,14H2,1-2H3,(H,23,24). The Labute approximate surface area is 149 Å². The average molecular weight is 345 g/mol. The van der Waals surface area contributed by atoms with E-state index in [9.17, 15) is 14.7 Å². The highest BCUT2D eigenvalue weighted by Gasteiger charge is 2.22.